The Morgan fingerprint density at radius 1 is 0.765 bits per heavy atom. The molecule has 0 aliphatic heterocycles. The summed E-state index contributed by atoms with van der Waals surface area (Å²) in [5, 5.41) is 0. The van der Waals surface area contributed by atoms with Gasteiger partial charge in [0.15, 0.2) is 9.84 Å². The zero-order chi connectivity index (χ0) is 13.0. The van der Waals surface area contributed by atoms with Gasteiger partial charge >= 0.3 is 0 Å². The SMILES string of the molecule is CCCCSCCS(=O)(=O)CCSCCCC. The molecule has 0 unspecified atom stereocenters. The summed E-state index contributed by atoms with van der Waals surface area (Å²) in [6.45, 7) is 4.32. The molecule has 0 amide bonds. The van der Waals surface area contributed by atoms with E-state index < -0.39 is 9.84 Å². The standard InChI is InChI=1S/C12H26O2S3/c1-3-5-7-15-9-11-17(13,14)12-10-16-8-6-4-2/h3-12H2,1-2H3. The van der Waals surface area contributed by atoms with Gasteiger partial charge in [0.1, 0.15) is 0 Å². The third-order valence-electron chi connectivity index (χ3n) is 2.36. The zero-order valence-electron chi connectivity index (χ0n) is 11.1. The molecule has 0 N–H and O–H groups in total. The summed E-state index contributed by atoms with van der Waals surface area (Å²) in [4.78, 5) is 0. The maximum absolute atomic E-state index is 11.7. The summed E-state index contributed by atoms with van der Waals surface area (Å²) >= 11 is 3.53. The van der Waals surface area contributed by atoms with Gasteiger partial charge in [-0.15, -0.1) is 0 Å². The highest BCUT2D eigenvalue weighted by Gasteiger charge is 2.09. The van der Waals surface area contributed by atoms with Crippen molar-refractivity contribution in [3.8, 4) is 0 Å². The highest BCUT2D eigenvalue weighted by molar-refractivity contribution is 8.01. The summed E-state index contributed by atoms with van der Waals surface area (Å²) in [5.41, 5.74) is 0. The van der Waals surface area contributed by atoms with Crippen LogP contribution in [0.15, 0.2) is 0 Å². The van der Waals surface area contributed by atoms with Gasteiger partial charge in [0.2, 0.25) is 0 Å². The fourth-order valence-corrected chi connectivity index (χ4v) is 5.74. The van der Waals surface area contributed by atoms with Gasteiger partial charge in [0.25, 0.3) is 0 Å². The molecule has 5 heteroatoms. The van der Waals surface area contributed by atoms with E-state index in [1.807, 2.05) is 0 Å². The van der Waals surface area contributed by atoms with E-state index in [-0.39, 0.29) is 0 Å². The molecular formula is C12H26O2S3. The Bertz CT molecular complexity index is 230. The van der Waals surface area contributed by atoms with E-state index in [1.54, 1.807) is 23.5 Å². The normalized spacial score (nSPS) is 11.9. The van der Waals surface area contributed by atoms with Gasteiger partial charge in [-0.25, -0.2) is 8.42 Å². The predicted molar refractivity (Wildman–Crippen MR) is 83.1 cm³/mol. The molecule has 104 valence electrons. The van der Waals surface area contributed by atoms with Crippen molar-refractivity contribution in [3.05, 3.63) is 0 Å². The van der Waals surface area contributed by atoms with Gasteiger partial charge < -0.3 is 0 Å². The minimum Gasteiger partial charge on any atom is -0.229 e. The number of thioether (sulfide) groups is 2. The van der Waals surface area contributed by atoms with Crippen molar-refractivity contribution >= 4 is 33.4 Å². The van der Waals surface area contributed by atoms with Crippen molar-refractivity contribution in [2.24, 2.45) is 0 Å². The molecule has 0 heterocycles. The summed E-state index contributed by atoms with van der Waals surface area (Å²) in [6.07, 6.45) is 4.76. The fraction of sp³-hybridized carbons (Fsp3) is 1.00. The minimum atomic E-state index is -2.80. The molecule has 0 aliphatic carbocycles. The summed E-state index contributed by atoms with van der Waals surface area (Å²) < 4.78 is 23.3. The van der Waals surface area contributed by atoms with Crippen LogP contribution in [-0.2, 0) is 9.84 Å². The number of unbranched alkanes of at least 4 members (excludes halogenated alkanes) is 2. The largest absolute Gasteiger partial charge is 0.229 e. The second-order valence-corrected chi connectivity index (χ2v) is 8.84. The highest BCUT2D eigenvalue weighted by Crippen LogP contribution is 2.09. The van der Waals surface area contributed by atoms with E-state index in [4.69, 9.17) is 0 Å². The van der Waals surface area contributed by atoms with Crippen molar-refractivity contribution in [1.29, 1.82) is 0 Å². The average molecular weight is 299 g/mol. The van der Waals surface area contributed by atoms with E-state index in [1.165, 1.54) is 25.7 Å². The lowest BCUT2D eigenvalue weighted by atomic mass is 10.4. The molecule has 0 bridgehead atoms. The zero-order valence-corrected chi connectivity index (χ0v) is 13.6. The van der Waals surface area contributed by atoms with Crippen LogP contribution in [0.4, 0.5) is 0 Å². The molecule has 0 aromatic carbocycles. The lowest BCUT2D eigenvalue weighted by Crippen LogP contribution is -2.14. The van der Waals surface area contributed by atoms with E-state index in [9.17, 15) is 8.42 Å². The molecule has 0 fully saturated rings. The Labute approximate surface area is 116 Å². The van der Waals surface area contributed by atoms with Gasteiger partial charge in [-0.2, -0.15) is 23.5 Å². The first-order valence-electron chi connectivity index (χ1n) is 6.48. The Kier molecular flexibility index (Phi) is 12.2. The number of rotatable bonds is 12. The second-order valence-electron chi connectivity index (χ2n) is 4.08. The van der Waals surface area contributed by atoms with Crippen molar-refractivity contribution in [2.75, 3.05) is 34.5 Å². The molecule has 0 aromatic heterocycles. The maximum atomic E-state index is 11.7. The van der Waals surface area contributed by atoms with E-state index in [2.05, 4.69) is 13.8 Å². The van der Waals surface area contributed by atoms with E-state index >= 15 is 0 Å². The number of sulfone groups is 1. The Balaban J connectivity index is 3.46. The molecule has 0 rings (SSSR count). The molecular weight excluding hydrogens is 272 g/mol. The lowest BCUT2D eigenvalue weighted by Gasteiger charge is -2.04. The second kappa shape index (κ2) is 11.7. The Morgan fingerprint density at radius 3 is 1.53 bits per heavy atom. The molecule has 17 heavy (non-hydrogen) atoms. The summed E-state index contributed by atoms with van der Waals surface area (Å²) in [6, 6.07) is 0. The van der Waals surface area contributed by atoms with Crippen LogP contribution in [-0.4, -0.2) is 42.9 Å². The van der Waals surface area contributed by atoms with Gasteiger partial charge in [-0.05, 0) is 24.3 Å². The Morgan fingerprint density at radius 2 is 1.18 bits per heavy atom. The Hall–Kier alpha value is 0.650. The molecule has 0 saturated heterocycles. The quantitative estimate of drug-likeness (QED) is 0.517. The number of hydrogen-bond acceptors (Lipinski definition) is 4. The van der Waals surface area contributed by atoms with Crippen molar-refractivity contribution in [2.45, 2.75) is 39.5 Å². The average Bonchev–Trinajstić information content (AvgIpc) is 2.28. The molecule has 2 nitrogen and oxygen atoms in total. The minimum absolute atomic E-state index is 0.357. The third kappa shape index (κ3) is 12.9. The first kappa shape index (κ1) is 17.6. The molecule has 0 spiro atoms. The van der Waals surface area contributed by atoms with Gasteiger partial charge in [0.05, 0.1) is 11.5 Å². The predicted octanol–water partition coefficient (Wildman–Crippen LogP) is 3.47. The summed E-state index contributed by atoms with van der Waals surface area (Å²) in [7, 11) is -2.80. The lowest BCUT2D eigenvalue weighted by molar-refractivity contribution is 0.599. The van der Waals surface area contributed by atoms with Crippen LogP contribution in [0.2, 0.25) is 0 Å². The molecule has 0 atom stereocenters. The maximum Gasteiger partial charge on any atom is 0.151 e. The first-order valence-corrected chi connectivity index (χ1v) is 10.6. The molecule has 0 aromatic rings. The van der Waals surface area contributed by atoms with Crippen molar-refractivity contribution in [1.82, 2.24) is 0 Å². The van der Waals surface area contributed by atoms with Crippen LogP contribution in [0.1, 0.15) is 39.5 Å². The van der Waals surface area contributed by atoms with Crippen LogP contribution in [0.3, 0.4) is 0 Å². The molecule has 0 aliphatic rings. The van der Waals surface area contributed by atoms with E-state index in [0.717, 1.165) is 23.0 Å². The molecule has 0 saturated carbocycles. The van der Waals surface area contributed by atoms with Crippen LogP contribution in [0.25, 0.3) is 0 Å². The van der Waals surface area contributed by atoms with Crippen LogP contribution in [0.5, 0.6) is 0 Å². The number of hydrogen-bond donors (Lipinski definition) is 0. The first-order chi connectivity index (χ1) is 8.12. The molecule has 0 radical (unpaired) electrons. The fourth-order valence-electron chi connectivity index (χ4n) is 1.17. The van der Waals surface area contributed by atoms with Gasteiger partial charge in [-0.1, -0.05) is 26.7 Å². The third-order valence-corrected chi connectivity index (χ3v) is 6.67. The van der Waals surface area contributed by atoms with Crippen molar-refractivity contribution in [3.63, 3.8) is 0 Å². The van der Waals surface area contributed by atoms with E-state index in [0.29, 0.717) is 11.5 Å². The monoisotopic (exact) mass is 298 g/mol. The highest BCUT2D eigenvalue weighted by atomic mass is 32.2. The summed E-state index contributed by atoms with van der Waals surface area (Å²) in [5.74, 6) is 4.43. The van der Waals surface area contributed by atoms with Crippen LogP contribution >= 0.6 is 23.5 Å². The van der Waals surface area contributed by atoms with Crippen LogP contribution < -0.4 is 0 Å². The smallest absolute Gasteiger partial charge is 0.151 e. The van der Waals surface area contributed by atoms with Gasteiger partial charge in [-0.3, -0.25) is 0 Å². The van der Waals surface area contributed by atoms with Crippen molar-refractivity contribution < 1.29 is 8.42 Å². The van der Waals surface area contributed by atoms with Crippen LogP contribution in [0, 0.1) is 0 Å². The van der Waals surface area contributed by atoms with Gasteiger partial charge in [0, 0.05) is 11.5 Å². The topological polar surface area (TPSA) is 34.1 Å².